The van der Waals surface area contributed by atoms with E-state index in [1.54, 1.807) is 6.07 Å². The van der Waals surface area contributed by atoms with Crippen LogP contribution in [0.25, 0.3) is 21.7 Å². The highest BCUT2D eigenvalue weighted by Crippen LogP contribution is 2.20. The molecule has 0 aliphatic carbocycles. The molecular formula is C23H19N3O2. The number of hydrogen-bond donors (Lipinski definition) is 2. The van der Waals surface area contributed by atoms with Gasteiger partial charge in [-0.25, -0.2) is 4.98 Å². The van der Waals surface area contributed by atoms with E-state index in [0.717, 1.165) is 27.2 Å². The van der Waals surface area contributed by atoms with Crippen molar-refractivity contribution in [3.05, 3.63) is 90.1 Å². The zero-order valence-electron chi connectivity index (χ0n) is 15.1. The van der Waals surface area contributed by atoms with Gasteiger partial charge in [-0.15, -0.1) is 0 Å². The highest BCUT2D eigenvalue weighted by molar-refractivity contribution is 5.98. The molecule has 0 saturated carbocycles. The first-order chi connectivity index (χ1) is 13.6. The average Bonchev–Trinajstić information content (AvgIpc) is 2.73. The van der Waals surface area contributed by atoms with Crippen LogP contribution < -0.4 is 11.1 Å². The third-order valence-electron chi connectivity index (χ3n) is 4.78. The van der Waals surface area contributed by atoms with E-state index in [4.69, 9.17) is 5.73 Å². The Balaban J connectivity index is 1.59. The highest BCUT2D eigenvalue weighted by Gasteiger charge is 2.21. The molecule has 5 nitrogen and oxygen atoms in total. The summed E-state index contributed by atoms with van der Waals surface area (Å²) in [7, 11) is 0. The molecule has 138 valence electrons. The van der Waals surface area contributed by atoms with Crippen molar-refractivity contribution in [2.45, 2.75) is 12.5 Å². The number of para-hydroxylation sites is 1. The molecule has 4 aromatic rings. The molecule has 0 bridgehead atoms. The first-order valence-electron chi connectivity index (χ1n) is 9.04. The largest absolute Gasteiger partial charge is 0.368 e. The average molecular weight is 369 g/mol. The second-order valence-corrected chi connectivity index (χ2v) is 6.66. The van der Waals surface area contributed by atoms with E-state index in [1.165, 1.54) is 0 Å². The quantitative estimate of drug-likeness (QED) is 0.566. The van der Waals surface area contributed by atoms with Crippen LogP contribution in [0.4, 0.5) is 0 Å². The smallest absolute Gasteiger partial charge is 0.270 e. The number of nitrogens with zero attached hydrogens (tertiary/aromatic N) is 1. The summed E-state index contributed by atoms with van der Waals surface area (Å²) in [5.74, 6) is -1.00. The monoisotopic (exact) mass is 369 g/mol. The molecule has 28 heavy (non-hydrogen) atoms. The molecule has 1 heterocycles. The molecule has 0 radical (unpaired) electrons. The normalized spacial score (nSPS) is 12.0. The molecule has 1 atom stereocenters. The minimum atomic E-state index is -0.827. The van der Waals surface area contributed by atoms with Crippen molar-refractivity contribution >= 4 is 33.5 Å². The van der Waals surface area contributed by atoms with Crippen LogP contribution in [0.1, 0.15) is 16.1 Å². The summed E-state index contributed by atoms with van der Waals surface area (Å²) in [5, 5.41) is 5.79. The van der Waals surface area contributed by atoms with Crippen LogP contribution in [0.3, 0.4) is 0 Å². The summed E-state index contributed by atoms with van der Waals surface area (Å²) >= 11 is 0. The molecule has 1 aromatic heterocycles. The van der Waals surface area contributed by atoms with Crippen molar-refractivity contribution in [3.63, 3.8) is 0 Å². The first kappa shape index (κ1) is 17.7. The van der Waals surface area contributed by atoms with Gasteiger partial charge in [-0.3, -0.25) is 9.59 Å². The number of nitrogens with one attached hydrogen (secondary N) is 1. The summed E-state index contributed by atoms with van der Waals surface area (Å²) in [6.07, 6.45) is 0.315. The number of carbonyl (C=O) groups is 2. The standard InChI is InChI=1S/C23H19N3O2/c24-22(27)21(14-17-9-5-8-15-6-1-3-10-18(15)17)26-23(28)20-13-12-16-7-2-4-11-19(16)25-20/h1-13,21H,14H2,(H2,24,27)(H,26,28)/t21-/m1/s1. The van der Waals surface area contributed by atoms with Crippen molar-refractivity contribution in [1.82, 2.24) is 10.3 Å². The van der Waals surface area contributed by atoms with Crippen LogP contribution in [0.15, 0.2) is 78.9 Å². The van der Waals surface area contributed by atoms with Gasteiger partial charge in [0.05, 0.1) is 5.52 Å². The lowest BCUT2D eigenvalue weighted by atomic mass is 9.98. The van der Waals surface area contributed by atoms with Crippen molar-refractivity contribution in [2.24, 2.45) is 5.73 Å². The summed E-state index contributed by atoms with van der Waals surface area (Å²) in [6, 6.07) is 24.0. The lowest BCUT2D eigenvalue weighted by Gasteiger charge is -2.17. The number of aromatic nitrogens is 1. The fraction of sp³-hybridized carbons (Fsp3) is 0.0870. The van der Waals surface area contributed by atoms with Gasteiger partial charge in [0.25, 0.3) is 5.91 Å². The van der Waals surface area contributed by atoms with Crippen molar-refractivity contribution < 1.29 is 9.59 Å². The van der Waals surface area contributed by atoms with Crippen LogP contribution in [-0.4, -0.2) is 22.8 Å². The van der Waals surface area contributed by atoms with E-state index in [0.29, 0.717) is 6.42 Å². The zero-order valence-corrected chi connectivity index (χ0v) is 15.1. The van der Waals surface area contributed by atoms with E-state index in [1.807, 2.05) is 72.8 Å². The van der Waals surface area contributed by atoms with E-state index < -0.39 is 17.9 Å². The van der Waals surface area contributed by atoms with Gasteiger partial charge in [0, 0.05) is 11.8 Å². The van der Waals surface area contributed by atoms with E-state index in [-0.39, 0.29) is 5.69 Å². The third-order valence-corrected chi connectivity index (χ3v) is 4.78. The van der Waals surface area contributed by atoms with Gasteiger partial charge in [0.2, 0.25) is 5.91 Å². The van der Waals surface area contributed by atoms with Crippen molar-refractivity contribution in [2.75, 3.05) is 0 Å². The number of benzene rings is 3. The van der Waals surface area contributed by atoms with Gasteiger partial charge in [-0.2, -0.15) is 0 Å². The molecule has 3 aromatic carbocycles. The maximum atomic E-state index is 12.7. The van der Waals surface area contributed by atoms with Gasteiger partial charge in [-0.05, 0) is 28.5 Å². The van der Waals surface area contributed by atoms with E-state index in [9.17, 15) is 9.59 Å². The number of fused-ring (bicyclic) bond motifs is 2. The Morgan fingerprint density at radius 3 is 2.39 bits per heavy atom. The second kappa shape index (κ2) is 7.48. The molecule has 0 fully saturated rings. The fourth-order valence-corrected chi connectivity index (χ4v) is 3.34. The summed E-state index contributed by atoms with van der Waals surface area (Å²) < 4.78 is 0. The van der Waals surface area contributed by atoms with Crippen LogP contribution in [-0.2, 0) is 11.2 Å². The second-order valence-electron chi connectivity index (χ2n) is 6.66. The Morgan fingerprint density at radius 2 is 1.57 bits per heavy atom. The predicted octanol–water partition coefficient (Wildman–Crippen LogP) is 3.21. The minimum Gasteiger partial charge on any atom is -0.368 e. The molecule has 0 aliphatic heterocycles. The minimum absolute atomic E-state index is 0.253. The number of primary amides is 1. The molecular weight excluding hydrogens is 350 g/mol. The molecule has 0 spiro atoms. The highest BCUT2D eigenvalue weighted by atomic mass is 16.2. The Labute approximate surface area is 162 Å². The Hall–Kier alpha value is -3.73. The predicted molar refractivity (Wildman–Crippen MR) is 110 cm³/mol. The number of nitrogens with two attached hydrogens (primary N) is 1. The fourth-order valence-electron chi connectivity index (χ4n) is 3.34. The molecule has 2 amide bonds. The molecule has 3 N–H and O–H groups in total. The molecule has 0 unspecified atom stereocenters. The van der Waals surface area contributed by atoms with Crippen LogP contribution in [0.2, 0.25) is 0 Å². The Morgan fingerprint density at radius 1 is 0.857 bits per heavy atom. The Kier molecular flexibility index (Phi) is 4.72. The molecule has 5 heteroatoms. The summed E-state index contributed by atoms with van der Waals surface area (Å²) in [4.78, 5) is 29.1. The SMILES string of the molecule is NC(=O)[C@@H](Cc1cccc2ccccc12)NC(=O)c1ccc2ccccc2n1. The lowest BCUT2D eigenvalue weighted by Crippen LogP contribution is -2.46. The van der Waals surface area contributed by atoms with Crippen LogP contribution >= 0.6 is 0 Å². The van der Waals surface area contributed by atoms with Gasteiger partial charge in [-0.1, -0.05) is 66.7 Å². The summed E-state index contributed by atoms with van der Waals surface area (Å²) in [5.41, 5.74) is 7.50. The Bertz CT molecular complexity index is 1180. The van der Waals surface area contributed by atoms with E-state index >= 15 is 0 Å². The number of carbonyl (C=O) groups excluding carboxylic acids is 2. The van der Waals surface area contributed by atoms with Crippen molar-refractivity contribution in [3.8, 4) is 0 Å². The maximum absolute atomic E-state index is 12.7. The lowest BCUT2D eigenvalue weighted by molar-refractivity contribution is -0.119. The topological polar surface area (TPSA) is 85.1 Å². The molecule has 4 rings (SSSR count). The first-order valence-corrected chi connectivity index (χ1v) is 9.04. The number of pyridine rings is 1. The number of rotatable bonds is 5. The maximum Gasteiger partial charge on any atom is 0.270 e. The van der Waals surface area contributed by atoms with E-state index in [2.05, 4.69) is 10.3 Å². The zero-order chi connectivity index (χ0) is 19.5. The van der Waals surface area contributed by atoms with Gasteiger partial charge in [0.15, 0.2) is 0 Å². The summed E-state index contributed by atoms with van der Waals surface area (Å²) in [6.45, 7) is 0. The van der Waals surface area contributed by atoms with Gasteiger partial charge < -0.3 is 11.1 Å². The van der Waals surface area contributed by atoms with Crippen LogP contribution in [0.5, 0.6) is 0 Å². The number of hydrogen-bond acceptors (Lipinski definition) is 3. The number of amides is 2. The third kappa shape index (κ3) is 3.55. The van der Waals surface area contributed by atoms with Crippen molar-refractivity contribution in [1.29, 1.82) is 0 Å². The van der Waals surface area contributed by atoms with Gasteiger partial charge >= 0.3 is 0 Å². The molecule has 0 aliphatic rings. The van der Waals surface area contributed by atoms with Gasteiger partial charge in [0.1, 0.15) is 11.7 Å². The van der Waals surface area contributed by atoms with Crippen LogP contribution in [0, 0.1) is 0 Å². The molecule has 0 saturated heterocycles.